The molecule has 1 aromatic heterocycles. The van der Waals surface area contributed by atoms with Gasteiger partial charge < -0.3 is 5.73 Å². The van der Waals surface area contributed by atoms with E-state index in [1.807, 2.05) is 6.07 Å². The molecule has 0 aliphatic heterocycles. The molecule has 0 aliphatic rings. The Labute approximate surface area is 131 Å². The largest absolute Gasteiger partial charge is 0.324 e. The Kier molecular flexibility index (Phi) is 4.62. The fourth-order valence-corrected chi connectivity index (χ4v) is 3.49. The van der Waals surface area contributed by atoms with Gasteiger partial charge in [0.25, 0.3) is 0 Å². The van der Waals surface area contributed by atoms with Crippen molar-refractivity contribution in [3.05, 3.63) is 50.1 Å². The summed E-state index contributed by atoms with van der Waals surface area (Å²) in [5.41, 5.74) is 8.07. The highest BCUT2D eigenvalue weighted by Crippen LogP contribution is 2.29. The summed E-state index contributed by atoms with van der Waals surface area (Å²) in [6.45, 7) is 6.40. The van der Waals surface area contributed by atoms with Crippen molar-refractivity contribution in [2.75, 3.05) is 0 Å². The molecule has 5 heteroatoms. The zero-order valence-electron chi connectivity index (χ0n) is 11.8. The molecule has 1 unspecified atom stereocenters. The van der Waals surface area contributed by atoms with Crippen LogP contribution < -0.4 is 5.73 Å². The number of rotatable bonds is 3. The fraction of sp³-hybridized carbons (Fsp3) is 0.400. The maximum Gasteiger partial charge on any atom is 0.137 e. The Morgan fingerprint density at radius 2 is 2.10 bits per heavy atom. The molecule has 0 spiro atoms. The summed E-state index contributed by atoms with van der Waals surface area (Å²) in [7, 11) is 0. The lowest BCUT2D eigenvalue weighted by Gasteiger charge is -2.15. The van der Waals surface area contributed by atoms with Crippen molar-refractivity contribution in [3.63, 3.8) is 0 Å². The number of hydrogen-bond acceptors (Lipinski definition) is 3. The quantitative estimate of drug-likeness (QED) is 0.873. The van der Waals surface area contributed by atoms with Crippen LogP contribution >= 0.6 is 27.3 Å². The van der Waals surface area contributed by atoms with E-state index < -0.39 is 0 Å². The summed E-state index contributed by atoms with van der Waals surface area (Å²) in [5, 5.41) is 3.06. The first-order valence-electron chi connectivity index (χ1n) is 6.43. The molecule has 20 heavy (non-hydrogen) atoms. The summed E-state index contributed by atoms with van der Waals surface area (Å²) in [6.07, 6.45) is 0.614. The van der Waals surface area contributed by atoms with E-state index in [0.29, 0.717) is 10.9 Å². The van der Waals surface area contributed by atoms with Crippen molar-refractivity contribution in [1.29, 1.82) is 0 Å². The van der Waals surface area contributed by atoms with Crippen LogP contribution in [0.1, 0.15) is 43.1 Å². The van der Waals surface area contributed by atoms with E-state index in [0.717, 1.165) is 16.3 Å². The van der Waals surface area contributed by atoms with E-state index >= 15 is 0 Å². The average molecular weight is 357 g/mol. The van der Waals surface area contributed by atoms with Crippen LogP contribution in [0, 0.1) is 5.82 Å². The van der Waals surface area contributed by atoms with Crippen LogP contribution in [0.3, 0.4) is 0 Å². The van der Waals surface area contributed by atoms with Crippen molar-refractivity contribution in [3.8, 4) is 0 Å². The van der Waals surface area contributed by atoms with Gasteiger partial charge >= 0.3 is 0 Å². The average Bonchev–Trinajstić information content (AvgIpc) is 2.81. The van der Waals surface area contributed by atoms with Gasteiger partial charge in [0, 0.05) is 23.3 Å². The molecular formula is C15H18BrFN2S. The molecule has 2 N–H and O–H groups in total. The minimum Gasteiger partial charge on any atom is -0.324 e. The molecule has 108 valence electrons. The highest BCUT2D eigenvalue weighted by atomic mass is 79.9. The number of aromatic nitrogens is 1. The normalized spacial score (nSPS) is 13.5. The third-order valence-electron chi connectivity index (χ3n) is 3.10. The standard InChI is InChI=1S/C15H18BrFN2S/c1-15(2,3)12-8-20-13(19-12)7-11(18)9-5-4-6-10(17)14(9)16/h4-6,8,11H,7,18H2,1-3H3. The monoisotopic (exact) mass is 356 g/mol. The Morgan fingerprint density at radius 1 is 1.40 bits per heavy atom. The van der Waals surface area contributed by atoms with Crippen LogP contribution in [0.15, 0.2) is 28.1 Å². The number of halogens is 2. The summed E-state index contributed by atoms with van der Waals surface area (Å²) in [4.78, 5) is 4.63. The summed E-state index contributed by atoms with van der Waals surface area (Å²) >= 11 is 4.87. The first-order chi connectivity index (χ1) is 9.29. The first kappa shape index (κ1) is 15.6. The summed E-state index contributed by atoms with van der Waals surface area (Å²) in [6, 6.07) is 4.67. The van der Waals surface area contributed by atoms with Crippen molar-refractivity contribution in [1.82, 2.24) is 4.98 Å². The van der Waals surface area contributed by atoms with E-state index in [-0.39, 0.29) is 17.3 Å². The molecule has 0 radical (unpaired) electrons. The number of nitrogens with zero attached hydrogens (tertiary/aromatic N) is 1. The molecule has 1 atom stereocenters. The molecule has 0 amide bonds. The van der Waals surface area contributed by atoms with Crippen molar-refractivity contribution >= 4 is 27.3 Å². The number of benzene rings is 1. The predicted molar refractivity (Wildman–Crippen MR) is 85.5 cm³/mol. The molecule has 0 saturated heterocycles. The van der Waals surface area contributed by atoms with E-state index in [4.69, 9.17) is 5.73 Å². The SMILES string of the molecule is CC(C)(C)c1csc(CC(N)c2cccc(F)c2Br)n1. The second kappa shape index (κ2) is 5.92. The molecule has 2 rings (SSSR count). The van der Waals surface area contributed by atoms with Crippen molar-refractivity contribution < 1.29 is 4.39 Å². The van der Waals surface area contributed by atoms with E-state index in [1.165, 1.54) is 6.07 Å². The lowest BCUT2D eigenvalue weighted by molar-refractivity contribution is 0.568. The Bertz CT molecular complexity index is 604. The van der Waals surface area contributed by atoms with Crippen molar-refractivity contribution in [2.45, 2.75) is 38.6 Å². The lowest BCUT2D eigenvalue weighted by Crippen LogP contribution is -2.15. The first-order valence-corrected chi connectivity index (χ1v) is 8.10. The molecule has 0 fully saturated rings. The number of thiazole rings is 1. The number of nitrogens with two attached hydrogens (primary N) is 1. The minimum atomic E-state index is -0.285. The zero-order valence-corrected chi connectivity index (χ0v) is 14.2. The highest BCUT2D eigenvalue weighted by Gasteiger charge is 2.19. The van der Waals surface area contributed by atoms with Gasteiger partial charge in [-0.25, -0.2) is 9.37 Å². The van der Waals surface area contributed by atoms with Gasteiger partial charge in [0.05, 0.1) is 15.2 Å². The highest BCUT2D eigenvalue weighted by molar-refractivity contribution is 9.10. The van der Waals surface area contributed by atoms with Crippen molar-refractivity contribution in [2.24, 2.45) is 5.73 Å². The molecule has 0 aliphatic carbocycles. The molecule has 2 nitrogen and oxygen atoms in total. The lowest BCUT2D eigenvalue weighted by atomic mass is 9.93. The second-order valence-corrected chi connectivity index (χ2v) is 7.57. The smallest absolute Gasteiger partial charge is 0.137 e. The van der Waals surface area contributed by atoms with Gasteiger partial charge in [0.2, 0.25) is 0 Å². The molecular weight excluding hydrogens is 339 g/mol. The third-order valence-corrected chi connectivity index (χ3v) is 4.80. The summed E-state index contributed by atoms with van der Waals surface area (Å²) < 4.78 is 14.0. The van der Waals surface area contributed by atoms with Crippen LogP contribution in [0.2, 0.25) is 0 Å². The van der Waals surface area contributed by atoms with Crippen LogP contribution in [0.4, 0.5) is 4.39 Å². The van der Waals surface area contributed by atoms with Crippen LogP contribution in [0.5, 0.6) is 0 Å². The van der Waals surface area contributed by atoms with Crippen LogP contribution in [0.25, 0.3) is 0 Å². The molecule has 0 bridgehead atoms. The topological polar surface area (TPSA) is 38.9 Å². The molecule has 1 heterocycles. The Hall–Kier alpha value is -0.780. The summed E-state index contributed by atoms with van der Waals surface area (Å²) in [5.74, 6) is -0.285. The maximum absolute atomic E-state index is 13.5. The van der Waals surface area contributed by atoms with E-state index in [9.17, 15) is 4.39 Å². The van der Waals surface area contributed by atoms with Gasteiger partial charge in [-0.15, -0.1) is 11.3 Å². The van der Waals surface area contributed by atoms with E-state index in [1.54, 1.807) is 17.4 Å². The van der Waals surface area contributed by atoms with Gasteiger partial charge in [-0.1, -0.05) is 32.9 Å². The van der Waals surface area contributed by atoms with Gasteiger partial charge in [-0.05, 0) is 27.6 Å². The minimum absolute atomic E-state index is 0.0400. The second-order valence-electron chi connectivity index (χ2n) is 5.83. The molecule has 0 saturated carbocycles. The fourth-order valence-electron chi connectivity index (χ4n) is 1.85. The van der Waals surface area contributed by atoms with Gasteiger partial charge in [0.1, 0.15) is 5.82 Å². The maximum atomic E-state index is 13.5. The third kappa shape index (κ3) is 3.45. The number of hydrogen-bond donors (Lipinski definition) is 1. The molecule has 2 aromatic rings. The van der Waals surface area contributed by atoms with Gasteiger partial charge in [-0.2, -0.15) is 0 Å². The van der Waals surface area contributed by atoms with Gasteiger partial charge in [-0.3, -0.25) is 0 Å². The zero-order chi connectivity index (χ0) is 14.9. The van der Waals surface area contributed by atoms with E-state index in [2.05, 4.69) is 47.1 Å². The Morgan fingerprint density at radius 3 is 2.70 bits per heavy atom. The Balaban J connectivity index is 2.18. The van der Waals surface area contributed by atoms with Crippen LogP contribution in [-0.4, -0.2) is 4.98 Å². The predicted octanol–water partition coefficient (Wildman–Crippen LogP) is 4.58. The van der Waals surface area contributed by atoms with Crippen LogP contribution in [-0.2, 0) is 11.8 Å². The van der Waals surface area contributed by atoms with Gasteiger partial charge in [0.15, 0.2) is 0 Å². The molecule has 1 aromatic carbocycles.